The standard InChI is InChI=1S/C11H18O3/c1-14-11(13)8-4-6-9-5-2-3-7-10(9)12/h9H,2-8H2,1H3. The van der Waals surface area contributed by atoms with Crippen LogP contribution in [0.25, 0.3) is 0 Å². The van der Waals surface area contributed by atoms with Crippen LogP contribution in [0.5, 0.6) is 0 Å². The second kappa shape index (κ2) is 5.78. The van der Waals surface area contributed by atoms with Crippen LogP contribution in [0, 0.1) is 5.92 Å². The van der Waals surface area contributed by atoms with Crippen LogP contribution in [-0.4, -0.2) is 18.9 Å². The summed E-state index contributed by atoms with van der Waals surface area (Å²) < 4.78 is 4.54. The minimum Gasteiger partial charge on any atom is -0.469 e. The van der Waals surface area contributed by atoms with Gasteiger partial charge < -0.3 is 4.74 Å². The molecule has 0 N–H and O–H groups in total. The number of rotatable bonds is 4. The van der Waals surface area contributed by atoms with E-state index in [0.29, 0.717) is 12.2 Å². The molecule has 0 heterocycles. The van der Waals surface area contributed by atoms with E-state index < -0.39 is 0 Å². The number of hydrogen-bond donors (Lipinski definition) is 0. The van der Waals surface area contributed by atoms with Gasteiger partial charge in [-0.05, 0) is 25.7 Å². The minimum atomic E-state index is -0.173. The van der Waals surface area contributed by atoms with Gasteiger partial charge in [-0.1, -0.05) is 6.42 Å². The van der Waals surface area contributed by atoms with Gasteiger partial charge in [-0.2, -0.15) is 0 Å². The van der Waals surface area contributed by atoms with Gasteiger partial charge in [0, 0.05) is 18.8 Å². The number of methoxy groups -OCH3 is 1. The third-order valence-electron chi connectivity index (χ3n) is 2.84. The summed E-state index contributed by atoms with van der Waals surface area (Å²) in [4.78, 5) is 22.3. The molecule has 1 fully saturated rings. The lowest BCUT2D eigenvalue weighted by molar-refractivity contribution is -0.141. The average Bonchev–Trinajstić information content (AvgIpc) is 2.20. The van der Waals surface area contributed by atoms with Crippen molar-refractivity contribution in [3.8, 4) is 0 Å². The molecule has 1 unspecified atom stereocenters. The number of ether oxygens (including phenoxy) is 1. The molecule has 3 nitrogen and oxygen atoms in total. The molecule has 0 bridgehead atoms. The third kappa shape index (κ3) is 3.48. The first-order valence-electron chi connectivity index (χ1n) is 5.33. The van der Waals surface area contributed by atoms with E-state index in [0.717, 1.165) is 38.5 Å². The number of ketones is 1. The van der Waals surface area contributed by atoms with Crippen molar-refractivity contribution in [1.29, 1.82) is 0 Å². The predicted molar refractivity (Wildman–Crippen MR) is 52.8 cm³/mol. The lowest BCUT2D eigenvalue weighted by Gasteiger charge is -2.19. The zero-order chi connectivity index (χ0) is 10.4. The van der Waals surface area contributed by atoms with Crippen LogP contribution in [0.3, 0.4) is 0 Å². The van der Waals surface area contributed by atoms with Crippen molar-refractivity contribution < 1.29 is 14.3 Å². The smallest absolute Gasteiger partial charge is 0.305 e. The fraction of sp³-hybridized carbons (Fsp3) is 0.818. The van der Waals surface area contributed by atoms with Crippen molar-refractivity contribution in [2.45, 2.75) is 44.9 Å². The van der Waals surface area contributed by atoms with E-state index in [4.69, 9.17) is 0 Å². The molecule has 0 aromatic rings. The summed E-state index contributed by atoms with van der Waals surface area (Å²) in [6.45, 7) is 0. The summed E-state index contributed by atoms with van der Waals surface area (Å²) in [6, 6.07) is 0. The number of carbonyl (C=O) groups excluding carboxylic acids is 2. The molecule has 1 saturated carbocycles. The monoisotopic (exact) mass is 198 g/mol. The maximum Gasteiger partial charge on any atom is 0.305 e. The Hall–Kier alpha value is -0.860. The summed E-state index contributed by atoms with van der Waals surface area (Å²) in [7, 11) is 1.40. The van der Waals surface area contributed by atoms with Crippen LogP contribution in [0.15, 0.2) is 0 Å². The minimum absolute atomic E-state index is 0.173. The Kier molecular flexibility index (Phi) is 4.63. The molecule has 80 valence electrons. The van der Waals surface area contributed by atoms with Crippen LogP contribution < -0.4 is 0 Å². The first-order chi connectivity index (χ1) is 6.74. The zero-order valence-corrected chi connectivity index (χ0v) is 8.75. The van der Waals surface area contributed by atoms with Gasteiger partial charge in [0.2, 0.25) is 0 Å². The third-order valence-corrected chi connectivity index (χ3v) is 2.84. The quantitative estimate of drug-likeness (QED) is 0.650. The molecule has 0 amide bonds. The SMILES string of the molecule is COC(=O)CCCC1CCCCC1=O. The van der Waals surface area contributed by atoms with Gasteiger partial charge in [-0.15, -0.1) is 0 Å². The highest BCUT2D eigenvalue weighted by atomic mass is 16.5. The first kappa shape index (κ1) is 11.2. The van der Waals surface area contributed by atoms with Crippen LogP contribution in [-0.2, 0) is 14.3 Å². The van der Waals surface area contributed by atoms with Crippen molar-refractivity contribution in [3.05, 3.63) is 0 Å². The Morgan fingerprint density at radius 1 is 1.50 bits per heavy atom. The molecule has 1 rings (SSSR count). The fourth-order valence-corrected chi connectivity index (χ4v) is 1.96. The van der Waals surface area contributed by atoms with E-state index >= 15 is 0 Å². The van der Waals surface area contributed by atoms with Crippen molar-refractivity contribution >= 4 is 11.8 Å². The summed E-state index contributed by atoms with van der Waals surface area (Å²) in [5.41, 5.74) is 0. The maximum atomic E-state index is 11.4. The largest absolute Gasteiger partial charge is 0.469 e. The summed E-state index contributed by atoms with van der Waals surface area (Å²) >= 11 is 0. The molecule has 14 heavy (non-hydrogen) atoms. The fourth-order valence-electron chi connectivity index (χ4n) is 1.96. The average molecular weight is 198 g/mol. The van der Waals surface area contributed by atoms with Gasteiger partial charge in [0.05, 0.1) is 7.11 Å². The molecule has 0 aromatic carbocycles. The lowest BCUT2D eigenvalue weighted by atomic mass is 9.84. The number of carbonyl (C=O) groups is 2. The second-order valence-corrected chi connectivity index (χ2v) is 3.88. The summed E-state index contributed by atoms with van der Waals surface area (Å²) in [6.07, 6.45) is 6.04. The molecule has 3 heteroatoms. The van der Waals surface area contributed by atoms with Crippen molar-refractivity contribution in [2.24, 2.45) is 5.92 Å². The van der Waals surface area contributed by atoms with E-state index in [-0.39, 0.29) is 11.9 Å². The van der Waals surface area contributed by atoms with E-state index in [2.05, 4.69) is 4.74 Å². The maximum absolute atomic E-state index is 11.4. The van der Waals surface area contributed by atoms with E-state index in [1.165, 1.54) is 7.11 Å². The highest BCUT2D eigenvalue weighted by Gasteiger charge is 2.21. The van der Waals surface area contributed by atoms with E-state index in [9.17, 15) is 9.59 Å². The number of esters is 1. The molecule has 1 atom stereocenters. The van der Waals surface area contributed by atoms with Gasteiger partial charge in [0.25, 0.3) is 0 Å². The molecule has 1 aliphatic carbocycles. The zero-order valence-electron chi connectivity index (χ0n) is 8.75. The Morgan fingerprint density at radius 2 is 2.29 bits per heavy atom. The van der Waals surface area contributed by atoms with Crippen molar-refractivity contribution in [1.82, 2.24) is 0 Å². The molecular formula is C11H18O3. The highest BCUT2D eigenvalue weighted by Crippen LogP contribution is 2.24. The Morgan fingerprint density at radius 3 is 2.93 bits per heavy atom. The number of Topliss-reactive ketones (excluding diaryl/α,β-unsaturated/α-hetero) is 1. The van der Waals surface area contributed by atoms with Gasteiger partial charge in [0.15, 0.2) is 0 Å². The van der Waals surface area contributed by atoms with E-state index in [1.54, 1.807) is 0 Å². The van der Waals surface area contributed by atoms with E-state index in [1.807, 2.05) is 0 Å². The van der Waals surface area contributed by atoms with Gasteiger partial charge in [-0.25, -0.2) is 0 Å². The lowest BCUT2D eigenvalue weighted by Crippen LogP contribution is -2.19. The van der Waals surface area contributed by atoms with Crippen molar-refractivity contribution in [2.75, 3.05) is 7.11 Å². The second-order valence-electron chi connectivity index (χ2n) is 3.88. The van der Waals surface area contributed by atoms with Crippen LogP contribution in [0.2, 0.25) is 0 Å². The van der Waals surface area contributed by atoms with Crippen LogP contribution in [0.4, 0.5) is 0 Å². The Labute approximate surface area is 84.8 Å². The number of hydrogen-bond acceptors (Lipinski definition) is 3. The van der Waals surface area contributed by atoms with Crippen LogP contribution >= 0.6 is 0 Å². The van der Waals surface area contributed by atoms with Crippen LogP contribution in [0.1, 0.15) is 44.9 Å². The molecule has 0 aliphatic heterocycles. The summed E-state index contributed by atoms with van der Waals surface area (Å²) in [5.74, 6) is 0.433. The molecular weight excluding hydrogens is 180 g/mol. The first-order valence-corrected chi connectivity index (χ1v) is 5.33. The van der Waals surface area contributed by atoms with Gasteiger partial charge >= 0.3 is 5.97 Å². The topological polar surface area (TPSA) is 43.4 Å². The predicted octanol–water partition coefficient (Wildman–Crippen LogP) is 2.09. The molecule has 0 saturated heterocycles. The molecule has 1 aliphatic rings. The summed E-state index contributed by atoms with van der Waals surface area (Å²) in [5, 5.41) is 0. The Balaban J connectivity index is 2.16. The molecule has 0 radical (unpaired) electrons. The van der Waals surface area contributed by atoms with Crippen molar-refractivity contribution in [3.63, 3.8) is 0 Å². The highest BCUT2D eigenvalue weighted by molar-refractivity contribution is 5.81. The van der Waals surface area contributed by atoms with Gasteiger partial charge in [-0.3, -0.25) is 9.59 Å². The Bertz CT molecular complexity index is 211. The molecule has 0 spiro atoms. The van der Waals surface area contributed by atoms with Gasteiger partial charge in [0.1, 0.15) is 5.78 Å². The normalized spacial score (nSPS) is 22.1. The molecule has 0 aromatic heterocycles.